The molecule has 1 aliphatic heterocycles. The molecule has 1 aromatic carbocycles. The first-order valence-corrected chi connectivity index (χ1v) is 5.43. The van der Waals surface area contributed by atoms with Crippen LogP contribution in [0.15, 0.2) is 24.3 Å². The number of nitrogens with zero attached hydrogens (tertiary/aromatic N) is 1. The van der Waals surface area contributed by atoms with Crippen molar-refractivity contribution in [1.29, 1.82) is 0 Å². The van der Waals surface area contributed by atoms with Crippen LogP contribution in [0.4, 0.5) is 18.9 Å². The lowest BCUT2D eigenvalue weighted by Crippen LogP contribution is -2.52. The highest BCUT2D eigenvalue weighted by Crippen LogP contribution is 2.33. The number of alkyl halides is 3. The summed E-state index contributed by atoms with van der Waals surface area (Å²) in [5, 5.41) is 0. The molecule has 1 atom stereocenters. The predicted molar refractivity (Wildman–Crippen MR) is 57.6 cm³/mol. The molecule has 1 aromatic rings. The molecule has 0 aliphatic carbocycles. The number of β-lactam (4-membered cyclic amide) rings is 1. The lowest BCUT2D eigenvalue weighted by molar-refractivity contribution is -0.137. The van der Waals surface area contributed by atoms with Crippen molar-refractivity contribution < 1.29 is 18.0 Å². The summed E-state index contributed by atoms with van der Waals surface area (Å²) in [6.45, 7) is 1.95. The summed E-state index contributed by atoms with van der Waals surface area (Å²) >= 11 is 0. The van der Waals surface area contributed by atoms with E-state index in [9.17, 15) is 18.0 Å². The van der Waals surface area contributed by atoms with Crippen molar-refractivity contribution in [1.82, 2.24) is 0 Å². The lowest BCUT2D eigenvalue weighted by Gasteiger charge is -2.40. The number of carbonyl (C=O) groups is 1. The first-order valence-electron chi connectivity index (χ1n) is 5.43. The second-order valence-electron chi connectivity index (χ2n) is 4.07. The Kier molecular flexibility index (Phi) is 2.85. The average Bonchev–Trinajstić information content (AvgIpc) is 2.25. The molecule has 1 aliphatic rings. The molecule has 0 radical (unpaired) electrons. The van der Waals surface area contributed by atoms with E-state index in [1.807, 2.05) is 6.92 Å². The Labute approximate surface area is 97.0 Å². The van der Waals surface area contributed by atoms with Crippen LogP contribution in [0.3, 0.4) is 0 Å². The van der Waals surface area contributed by atoms with Crippen LogP contribution in [-0.4, -0.2) is 11.9 Å². The minimum atomic E-state index is -4.33. The van der Waals surface area contributed by atoms with E-state index in [-0.39, 0.29) is 11.9 Å². The van der Waals surface area contributed by atoms with E-state index < -0.39 is 11.7 Å². The summed E-state index contributed by atoms with van der Waals surface area (Å²) in [6, 6.07) is 4.84. The fraction of sp³-hybridized carbons (Fsp3) is 0.417. The van der Waals surface area contributed by atoms with Gasteiger partial charge in [-0.2, -0.15) is 13.2 Å². The largest absolute Gasteiger partial charge is 0.416 e. The van der Waals surface area contributed by atoms with Gasteiger partial charge in [-0.1, -0.05) is 6.92 Å². The van der Waals surface area contributed by atoms with Crippen LogP contribution in [0, 0.1) is 0 Å². The molecular formula is C12H12F3NO. The molecule has 0 aromatic heterocycles. The van der Waals surface area contributed by atoms with Crippen molar-refractivity contribution in [3.05, 3.63) is 29.8 Å². The second kappa shape index (κ2) is 4.05. The van der Waals surface area contributed by atoms with Gasteiger partial charge in [-0.15, -0.1) is 0 Å². The van der Waals surface area contributed by atoms with Crippen molar-refractivity contribution in [2.75, 3.05) is 4.90 Å². The number of anilines is 1. The molecule has 0 saturated carbocycles. The summed E-state index contributed by atoms with van der Waals surface area (Å²) in [7, 11) is 0. The highest BCUT2D eigenvalue weighted by Gasteiger charge is 2.36. The van der Waals surface area contributed by atoms with Gasteiger partial charge in [-0.3, -0.25) is 4.79 Å². The van der Waals surface area contributed by atoms with Gasteiger partial charge in [0.15, 0.2) is 0 Å². The van der Waals surface area contributed by atoms with Gasteiger partial charge in [-0.25, -0.2) is 0 Å². The maximum absolute atomic E-state index is 12.4. The molecule has 5 heteroatoms. The first kappa shape index (κ1) is 12.0. The van der Waals surface area contributed by atoms with Gasteiger partial charge < -0.3 is 4.90 Å². The van der Waals surface area contributed by atoms with Crippen LogP contribution in [0.5, 0.6) is 0 Å². The number of rotatable bonds is 2. The number of amides is 1. The van der Waals surface area contributed by atoms with Gasteiger partial charge in [0.05, 0.1) is 5.56 Å². The van der Waals surface area contributed by atoms with E-state index in [0.717, 1.165) is 18.6 Å². The molecule has 2 nitrogen and oxygen atoms in total. The van der Waals surface area contributed by atoms with Gasteiger partial charge in [-0.05, 0) is 30.7 Å². The summed E-state index contributed by atoms with van der Waals surface area (Å²) in [4.78, 5) is 12.9. The number of benzene rings is 1. The van der Waals surface area contributed by atoms with Crippen molar-refractivity contribution in [3.8, 4) is 0 Å². The second-order valence-corrected chi connectivity index (χ2v) is 4.07. The molecule has 92 valence electrons. The molecule has 2 rings (SSSR count). The minimum absolute atomic E-state index is 0.0309. The molecule has 0 unspecified atom stereocenters. The average molecular weight is 243 g/mol. The Bertz CT molecular complexity index is 424. The lowest BCUT2D eigenvalue weighted by atomic mass is 9.98. The predicted octanol–water partition coefficient (Wildman–Crippen LogP) is 3.22. The third kappa shape index (κ3) is 2.14. The Morgan fingerprint density at radius 1 is 1.29 bits per heavy atom. The topological polar surface area (TPSA) is 20.3 Å². The number of hydrogen-bond acceptors (Lipinski definition) is 1. The third-order valence-electron chi connectivity index (χ3n) is 2.99. The van der Waals surface area contributed by atoms with Crippen LogP contribution in [0.2, 0.25) is 0 Å². The summed E-state index contributed by atoms with van der Waals surface area (Å²) in [5.74, 6) is -0.0309. The Balaban J connectivity index is 2.21. The van der Waals surface area contributed by atoms with Crippen LogP contribution in [0.1, 0.15) is 25.3 Å². The summed E-state index contributed by atoms with van der Waals surface area (Å²) < 4.78 is 37.1. The van der Waals surface area contributed by atoms with E-state index >= 15 is 0 Å². The van der Waals surface area contributed by atoms with E-state index in [1.54, 1.807) is 4.90 Å². The zero-order chi connectivity index (χ0) is 12.6. The molecule has 1 fully saturated rings. The highest BCUT2D eigenvalue weighted by atomic mass is 19.4. The molecule has 17 heavy (non-hydrogen) atoms. The first-order chi connectivity index (χ1) is 7.93. The van der Waals surface area contributed by atoms with Gasteiger partial charge >= 0.3 is 6.18 Å². The highest BCUT2D eigenvalue weighted by molar-refractivity contribution is 6.00. The maximum Gasteiger partial charge on any atom is 0.416 e. The van der Waals surface area contributed by atoms with E-state index in [4.69, 9.17) is 0 Å². The van der Waals surface area contributed by atoms with Crippen LogP contribution >= 0.6 is 0 Å². The summed E-state index contributed by atoms with van der Waals surface area (Å²) in [6.07, 6.45) is -3.04. The normalized spacial score (nSPS) is 20.4. The quantitative estimate of drug-likeness (QED) is 0.730. The smallest absolute Gasteiger partial charge is 0.309 e. The van der Waals surface area contributed by atoms with Crippen LogP contribution < -0.4 is 4.90 Å². The third-order valence-corrected chi connectivity index (χ3v) is 2.99. The molecule has 0 spiro atoms. The van der Waals surface area contributed by atoms with Gasteiger partial charge in [0.1, 0.15) is 0 Å². The molecule has 0 N–H and O–H groups in total. The standard InChI is InChI=1S/C12H12F3NO/c1-2-9-7-11(17)16(9)10-5-3-8(4-6-10)12(13,14)15/h3-6,9H,2,7H2,1H3/t9-/m1/s1. The van der Waals surface area contributed by atoms with Gasteiger partial charge in [0.25, 0.3) is 0 Å². The number of carbonyl (C=O) groups excluding carboxylic acids is 1. The van der Waals surface area contributed by atoms with Crippen molar-refractivity contribution >= 4 is 11.6 Å². The molecule has 0 bridgehead atoms. The van der Waals surface area contributed by atoms with Crippen LogP contribution in [0.25, 0.3) is 0 Å². The molecular weight excluding hydrogens is 231 g/mol. The monoisotopic (exact) mass is 243 g/mol. The van der Waals surface area contributed by atoms with Crippen molar-refractivity contribution in [3.63, 3.8) is 0 Å². The minimum Gasteiger partial charge on any atom is -0.309 e. The number of hydrogen-bond donors (Lipinski definition) is 0. The Morgan fingerprint density at radius 3 is 2.29 bits per heavy atom. The van der Waals surface area contributed by atoms with Crippen molar-refractivity contribution in [2.45, 2.75) is 32.0 Å². The van der Waals surface area contributed by atoms with Crippen molar-refractivity contribution in [2.24, 2.45) is 0 Å². The molecule has 1 saturated heterocycles. The zero-order valence-corrected chi connectivity index (χ0v) is 9.29. The molecule has 1 heterocycles. The van der Waals surface area contributed by atoms with E-state index in [0.29, 0.717) is 12.1 Å². The van der Waals surface area contributed by atoms with Gasteiger partial charge in [0.2, 0.25) is 5.91 Å². The fourth-order valence-corrected chi connectivity index (χ4v) is 1.98. The number of halogens is 3. The fourth-order valence-electron chi connectivity index (χ4n) is 1.98. The Morgan fingerprint density at radius 2 is 1.88 bits per heavy atom. The maximum atomic E-state index is 12.4. The zero-order valence-electron chi connectivity index (χ0n) is 9.29. The summed E-state index contributed by atoms with van der Waals surface area (Å²) in [5.41, 5.74) is -0.150. The van der Waals surface area contributed by atoms with Crippen LogP contribution in [-0.2, 0) is 11.0 Å². The van der Waals surface area contributed by atoms with E-state index in [2.05, 4.69) is 0 Å². The Hall–Kier alpha value is -1.52. The SMILES string of the molecule is CC[C@@H]1CC(=O)N1c1ccc(C(F)(F)F)cc1. The van der Waals surface area contributed by atoms with E-state index in [1.165, 1.54) is 12.1 Å². The molecule has 1 amide bonds. The van der Waals surface area contributed by atoms with Gasteiger partial charge in [0, 0.05) is 18.2 Å².